The molecule has 1 aromatic carbocycles. The van der Waals surface area contributed by atoms with Crippen LogP contribution >= 0.6 is 0 Å². The third-order valence-corrected chi connectivity index (χ3v) is 2.40. The molecular weight excluding hydrogens is 236 g/mol. The van der Waals surface area contributed by atoms with E-state index in [1.165, 1.54) is 6.07 Å². The number of carbonyl (C=O) groups is 1. The molecule has 2 aromatic rings. The van der Waals surface area contributed by atoms with Crippen LogP contribution in [0.4, 0.5) is 5.69 Å². The zero-order valence-corrected chi connectivity index (χ0v) is 9.73. The SMILES string of the molecule is CCOC(=O)c1cc2ccc(NN)cc2oc1=O. The van der Waals surface area contributed by atoms with E-state index in [-0.39, 0.29) is 12.2 Å². The van der Waals surface area contributed by atoms with E-state index in [2.05, 4.69) is 5.43 Å². The average molecular weight is 248 g/mol. The van der Waals surface area contributed by atoms with Gasteiger partial charge < -0.3 is 14.6 Å². The number of carbonyl (C=O) groups excluding carboxylic acids is 1. The van der Waals surface area contributed by atoms with E-state index in [4.69, 9.17) is 15.0 Å². The number of hydrazine groups is 1. The number of hydrogen-bond acceptors (Lipinski definition) is 6. The highest BCUT2D eigenvalue weighted by Crippen LogP contribution is 2.18. The number of nitrogens with one attached hydrogen (secondary N) is 1. The van der Waals surface area contributed by atoms with Gasteiger partial charge in [0.15, 0.2) is 0 Å². The van der Waals surface area contributed by atoms with Gasteiger partial charge in [-0.05, 0) is 25.1 Å². The van der Waals surface area contributed by atoms with Gasteiger partial charge in [0, 0.05) is 11.5 Å². The average Bonchev–Trinajstić information content (AvgIpc) is 2.37. The Bertz CT molecular complexity index is 648. The van der Waals surface area contributed by atoms with Gasteiger partial charge in [-0.25, -0.2) is 9.59 Å². The van der Waals surface area contributed by atoms with Gasteiger partial charge >= 0.3 is 11.6 Å². The van der Waals surface area contributed by atoms with Crippen LogP contribution in [-0.4, -0.2) is 12.6 Å². The maximum Gasteiger partial charge on any atom is 0.351 e. The second kappa shape index (κ2) is 4.89. The highest BCUT2D eigenvalue weighted by atomic mass is 16.5. The van der Waals surface area contributed by atoms with Crippen LogP contribution in [0.3, 0.4) is 0 Å². The molecule has 0 spiro atoms. The number of nitrogen functional groups attached to an aromatic ring is 1. The molecule has 94 valence electrons. The second-order valence-corrected chi connectivity index (χ2v) is 3.56. The van der Waals surface area contributed by atoms with Gasteiger partial charge in [-0.3, -0.25) is 5.84 Å². The van der Waals surface area contributed by atoms with E-state index in [1.807, 2.05) is 0 Å². The van der Waals surface area contributed by atoms with Crippen LogP contribution < -0.4 is 16.9 Å². The molecule has 0 unspecified atom stereocenters. The van der Waals surface area contributed by atoms with Gasteiger partial charge in [0.2, 0.25) is 0 Å². The largest absolute Gasteiger partial charge is 0.462 e. The van der Waals surface area contributed by atoms with Crippen molar-refractivity contribution < 1.29 is 13.9 Å². The lowest BCUT2D eigenvalue weighted by Crippen LogP contribution is -2.16. The number of nitrogens with two attached hydrogens (primary N) is 1. The van der Waals surface area contributed by atoms with E-state index in [9.17, 15) is 9.59 Å². The summed E-state index contributed by atoms with van der Waals surface area (Å²) in [5.41, 5.74) is 2.56. The van der Waals surface area contributed by atoms with Gasteiger partial charge in [0.05, 0.1) is 12.3 Å². The predicted molar refractivity (Wildman–Crippen MR) is 66.3 cm³/mol. The fourth-order valence-corrected chi connectivity index (χ4v) is 1.55. The minimum absolute atomic E-state index is 0.113. The predicted octanol–water partition coefficient (Wildman–Crippen LogP) is 1.26. The summed E-state index contributed by atoms with van der Waals surface area (Å²) in [6, 6.07) is 6.42. The van der Waals surface area contributed by atoms with E-state index < -0.39 is 11.6 Å². The monoisotopic (exact) mass is 248 g/mol. The number of hydrogen-bond donors (Lipinski definition) is 2. The number of ether oxygens (including phenoxy) is 1. The van der Waals surface area contributed by atoms with Crippen LogP contribution in [0.2, 0.25) is 0 Å². The molecule has 0 saturated carbocycles. The molecule has 6 nitrogen and oxygen atoms in total. The van der Waals surface area contributed by atoms with Crippen molar-refractivity contribution in [1.29, 1.82) is 0 Å². The van der Waals surface area contributed by atoms with Crippen LogP contribution in [0.25, 0.3) is 11.0 Å². The third-order valence-electron chi connectivity index (χ3n) is 2.40. The Balaban J connectivity index is 2.56. The van der Waals surface area contributed by atoms with Crippen LogP contribution in [0.5, 0.6) is 0 Å². The first-order chi connectivity index (χ1) is 8.65. The Hall–Kier alpha value is -2.34. The lowest BCUT2D eigenvalue weighted by atomic mass is 10.1. The standard InChI is InChI=1S/C12H12N2O4/c1-2-17-11(15)9-5-7-3-4-8(14-13)6-10(7)18-12(9)16/h3-6,14H,2,13H2,1H3. The quantitative estimate of drug-likeness (QED) is 0.367. The fourth-order valence-electron chi connectivity index (χ4n) is 1.55. The van der Waals surface area contributed by atoms with Crippen LogP contribution in [0, 0.1) is 0 Å². The van der Waals surface area contributed by atoms with E-state index in [1.54, 1.807) is 25.1 Å². The maximum absolute atomic E-state index is 11.6. The van der Waals surface area contributed by atoms with Gasteiger partial charge in [0.1, 0.15) is 11.1 Å². The third kappa shape index (κ3) is 2.18. The van der Waals surface area contributed by atoms with Crippen molar-refractivity contribution in [2.24, 2.45) is 5.84 Å². The Kier molecular flexibility index (Phi) is 3.29. The lowest BCUT2D eigenvalue weighted by Gasteiger charge is -2.04. The second-order valence-electron chi connectivity index (χ2n) is 3.56. The minimum atomic E-state index is -0.727. The summed E-state index contributed by atoms with van der Waals surface area (Å²) in [6.45, 7) is 1.87. The zero-order chi connectivity index (χ0) is 13.1. The molecule has 0 aliphatic heterocycles. The van der Waals surface area contributed by atoms with Crippen molar-refractivity contribution in [2.45, 2.75) is 6.92 Å². The maximum atomic E-state index is 11.6. The first-order valence-corrected chi connectivity index (χ1v) is 5.37. The smallest absolute Gasteiger partial charge is 0.351 e. The van der Waals surface area contributed by atoms with Crippen LogP contribution in [-0.2, 0) is 4.74 Å². The molecule has 2 rings (SSSR count). The molecule has 0 atom stereocenters. The van der Waals surface area contributed by atoms with Crippen molar-refractivity contribution >= 4 is 22.6 Å². The molecule has 0 bridgehead atoms. The number of rotatable bonds is 3. The van der Waals surface area contributed by atoms with Crippen molar-refractivity contribution in [1.82, 2.24) is 0 Å². The summed E-state index contributed by atoms with van der Waals surface area (Å²) in [6.07, 6.45) is 0. The molecule has 1 aromatic heterocycles. The number of esters is 1. The molecular formula is C12H12N2O4. The molecule has 1 heterocycles. The first kappa shape index (κ1) is 12.1. The zero-order valence-electron chi connectivity index (χ0n) is 9.73. The molecule has 0 radical (unpaired) electrons. The van der Waals surface area contributed by atoms with Gasteiger partial charge in [-0.1, -0.05) is 0 Å². The summed E-state index contributed by atoms with van der Waals surface area (Å²) in [7, 11) is 0. The summed E-state index contributed by atoms with van der Waals surface area (Å²) in [4.78, 5) is 23.1. The van der Waals surface area contributed by atoms with Gasteiger partial charge in [-0.15, -0.1) is 0 Å². The van der Waals surface area contributed by atoms with Crippen LogP contribution in [0.15, 0.2) is 33.5 Å². The molecule has 0 saturated heterocycles. The topological polar surface area (TPSA) is 94.6 Å². The van der Waals surface area contributed by atoms with Crippen molar-refractivity contribution in [3.8, 4) is 0 Å². The Morgan fingerprint density at radius 3 is 2.89 bits per heavy atom. The summed E-state index contributed by atoms with van der Waals surface area (Å²) < 4.78 is 9.82. The lowest BCUT2D eigenvalue weighted by molar-refractivity contribution is 0.0522. The van der Waals surface area contributed by atoms with Crippen molar-refractivity contribution in [2.75, 3.05) is 12.0 Å². The summed E-state index contributed by atoms with van der Waals surface area (Å²) in [5.74, 6) is 4.57. The first-order valence-electron chi connectivity index (χ1n) is 5.37. The molecule has 0 aliphatic carbocycles. The molecule has 0 amide bonds. The number of anilines is 1. The minimum Gasteiger partial charge on any atom is -0.462 e. The summed E-state index contributed by atoms with van der Waals surface area (Å²) in [5, 5.41) is 0.622. The Morgan fingerprint density at radius 2 is 2.22 bits per heavy atom. The highest BCUT2D eigenvalue weighted by Gasteiger charge is 2.14. The molecule has 0 aliphatic rings. The van der Waals surface area contributed by atoms with E-state index in [0.29, 0.717) is 16.7 Å². The van der Waals surface area contributed by atoms with Gasteiger partial charge in [-0.2, -0.15) is 0 Å². The van der Waals surface area contributed by atoms with Crippen LogP contribution in [0.1, 0.15) is 17.3 Å². The van der Waals surface area contributed by atoms with E-state index in [0.717, 1.165) is 0 Å². The highest BCUT2D eigenvalue weighted by molar-refractivity contribution is 5.93. The Morgan fingerprint density at radius 1 is 1.44 bits per heavy atom. The number of fused-ring (bicyclic) bond motifs is 1. The van der Waals surface area contributed by atoms with E-state index >= 15 is 0 Å². The van der Waals surface area contributed by atoms with Crippen molar-refractivity contribution in [3.63, 3.8) is 0 Å². The van der Waals surface area contributed by atoms with Crippen molar-refractivity contribution in [3.05, 3.63) is 40.2 Å². The molecule has 3 N–H and O–H groups in total. The Labute approximate surface area is 102 Å². The molecule has 18 heavy (non-hydrogen) atoms. The number of benzene rings is 1. The van der Waals surface area contributed by atoms with Gasteiger partial charge in [0.25, 0.3) is 0 Å². The molecule has 6 heteroatoms. The normalized spacial score (nSPS) is 10.3. The summed E-state index contributed by atoms with van der Waals surface area (Å²) >= 11 is 0. The fraction of sp³-hybridized carbons (Fsp3) is 0.167. The molecule has 0 fully saturated rings.